The van der Waals surface area contributed by atoms with E-state index in [-0.39, 0.29) is 0 Å². The van der Waals surface area contributed by atoms with Crippen LogP contribution in [0, 0.1) is 0 Å². The lowest BCUT2D eigenvalue weighted by molar-refractivity contribution is 0.975. The zero-order chi connectivity index (χ0) is 22.1. The summed E-state index contributed by atoms with van der Waals surface area (Å²) in [6, 6.07) is 10.4. The molecule has 3 aromatic heterocycles. The number of hydrogen-bond donors (Lipinski definition) is 4. The number of nitrogens with two attached hydrogens (primary N) is 1. The van der Waals surface area contributed by atoms with Crippen molar-refractivity contribution in [2.24, 2.45) is 5.73 Å². The molecule has 158 valence electrons. The lowest BCUT2D eigenvalue weighted by Gasteiger charge is -2.08. The molecule has 0 aliphatic carbocycles. The predicted octanol–water partition coefficient (Wildman–Crippen LogP) is 5.04. The first-order chi connectivity index (χ1) is 15.7. The first-order valence-electron chi connectivity index (χ1n) is 10.5. The highest BCUT2D eigenvalue weighted by Gasteiger charge is 2.15. The van der Waals surface area contributed by atoms with Crippen LogP contribution in [0.2, 0.25) is 0 Å². The van der Waals surface area contributed by atoms with Crippen LogP contribution in [0.5, 0.6) is 0 Å². The Hall–Kier alpha value is -4.32. The topological polar surface area (TPSA) is 95.4 Å². The maximum absolute atomic E-state index is 5.98. The molecular formula is C26H24N6. The van der Waals surface area contributed by atoms with E-state index in [2.05, 4.69) is 62.4 Å². The Labute approximate surface area is 185 Å². The minimum atomic E-state index is 0.627. The second kappa shape index (κ2) is 8.07. The largest absolute Gasteiger partial charge is 0.399 e. The molecule has 1 aliphatic heterocycles. The number of aromatic amines is 2. The van der Waals surface area contributed by atoms with E-state index >= 15 is 0 Å². The Balaban J connectivity index is 1.63. The number of dihydropyridines is 1. The molecular weight excluding hydrogens is 396 g/mol. The van der Waals surface area contributed by atoms with Crippen LogP contribution in [0.4, 0.5) is 0 Å². The van der Waals surface area contributed by atoms with Gasteiger partial charge in [0.1, 0.15) is 5.69 Å². The Bertz CT molecular complexity index is 1460. The summed E-state index contributed by atoms with van der Waals surface area (Å²) in [6.45, 7) is 6.57. The van der Waals surface area contributed by atoms with E-state index in [1.54, 1.807) is 6.08 Å². The van der Waals surface area contributed by atoms with E-state index in [0.29, 0.717) is 5.70 Å². The van der Waals surface area contributed by atoms with Crippen LogP contribution in [-0.4, -0.2) is 26.7 Å². The molecule has 0 atom stereocenters. The molecule has 0 saturated heterocycles. The number of aromatic nitrogens is 4. The summed E-state index contributed by atoms with van der Waals surface area (Å²) in [5, 5.41) is 13.1. The first kappa shape index (κ1) is 19.6. The number of nitrogens with one attached hydrogen (secondary N) is 3. The van der Waals surface area contributed by atoms with Crippen molar-refractivity contribution in [2.75, 3.05) is 6.54 Å². The summed E-state index contributed by atoms with van der Waals surface area (Å²) in [5.41, 5.74) is 14.5. The van der Waals surface area contributed by atoms with Gasteiger partial charge in [-0.3, -0.25) is 10.1 Å². The van der Waals surface area contributed by atoms with Gasteiger partial charge >= 0.3 is 0 Å². The van der Waals surface area contributed by atoms with Crippen LogP contribution >= 0.6 is 0 Å². The van der Waals surface area contributed by atoms with Crippen LogP contribution in [0.15, 0.2) is 85.4 Å². The van der Waals surface area contributed by atoms with Gasteiger partial charge in [0, 0.05) is 46.5 Å². The second-order valence-electron chi connectivity index (χ2n) is 7.64. The molecule has 0 amide bonds. The molecule has 4 heterocycles. The minimum absolute atomic E-state index is 0.627. The number of allylic oxidation sites excluding steroid dienone is 6. The minimum Gasteiger partial charge on any atom is -0.399 e. The average molecular weight is 421 g/mol. The van der Waals surface area contributed by atoms with Crippen LogP contribution in [0.1, 0.15) is 18.2 Å². The maximum atomic E-state index is 5.98. The molecule has 32 heavy (non-hydrogen) atoms. The van der Waals surface area contributed by atoms with Crippen molar-refractivity contribution in [3.63, 3.8) is 0 Å². The maximum Gasteiger partial charge on any atom is 0.116 e. The quantitative estimate of drug-likeness (QED) is 0.340. The predicted molar refractivity (Wildman–Crippen MR) is 132 cm³/mol. The van der Waals surface area contributed by atoms with E-state index in [1.807, 2.05) is 43.6 Å². The normalized spacial score (nSPS) is 14.6. The van der Waals surface area contributed by atoms with E-state index in [4.69, 9.17) is 5.73 Å². The van der Waals surface area contributed by atoms with Gasteiger partial charge in [0.25, 0.3) is 0 Å². The number of pyridine rings is 1. The molecule has 4 aromatic rings. The Morgan fingerprint density at radius 3 is 2.78 bits per heavy atom. The molecule has 6 heteroatoms. The highest BCUT2D eigenvalue weighted by atomic mass is 15.1. The van der Waals surface area contributed by atoms with Crippen molar-refractivity contribution in [3.8, 4) is 11.4 Å². The van der Waals surface area contributed by atoms with Crippen LogP contribution < -0.4 is 11.1 Å². The molecule has 0 unspecified atom stereocenters. The molecule has 0 spiro atoms. The Morgan fingerprint density at radius 1 is 1.12 bits per heavy atom. The highest BCUT2D eigenvalue weighted by molar-refractivity contribution is 6.00. The van der Waals surface area contributed by atoms with Crippen molar-refractivity contribution in [3.05, 3.63) is 96.6 Å². The number of rotatable bonds is 5. The zero-order valence-corrected chi connectivity index (χ0v) is 17.8. The molecule has 1 aromatic carbocycles. The standard InChI is InChI=1S/C26H24N6/c1-3-16(12-19(27)4-2)17-7-8-23-20(13-17)26(32-31-23)24-14-21-22(30-24)9-11-29-25(21)18-6-5-10-28-15-18/h3-9,11-15,28,30H,2,10,27H2,1H3,(H,31,32)/b16-3+,19-12+. The SMILES string of the molecule is C=C/C(N)=C\C(=C/C)c1ccc2[nH]nc(-c3cc4c(C5=CNCC=C5)nccc4[nH]3)c2c1. The van der Waals surface area contributed by atoms with Gasteiger partial charge in [-0.05, 0) is 54.5 Å². The fourth-order valence-corrected chi connectivity index (χ4v) is 4.00. The molecule has 0 fully saturated rings. The van der Waals surface area contributed by atoms with Crippen molar-refractivity contribution >= 4 is 33.0 Å². The summed E-state index contributed by atoms with van der Waals surface area (Å²) in [6.07, 6.45) is 13.6. The summed E-state index contributed by atoms with van der Waals surface area (Å²) >= 11 is 0. The molecule has 0 radical (unpaired) electrons. The number of hydrogen-bond acceptors (Lipinski definition) is 4. The van der Waals surface area contributed by atoms with Crippen LogP contribution in [0.25, 0.3) is 44.3 Å². The number of benzene rings is 1. The van der Waals surface area contributed by atoms with Crippen molar-refractivity contribution in [2.45, 2.75) is 6.92 Å². The van der Waals surface area contributed by atoms with Gasteiger partial charge in [-0.25, -0.2) is 0 Å². The third kappa shape index (κ3) is 3.41. The third-order valence-electron chi connectivity index (χ3n) is 5.63. The smallest absolute Gasteiger partial charge is 0.116 e. The molecule has 6 nitrogen and oxygen atoms in total. The third-order valence-corrected chi connectivity index (χ3v) is 5.63. The van der Waals surface area contributed by atoms with Crippen molar-refractivity contribution in [1.29, 1.82) is 0 Å². The van der Waals surface area contributed by atoms with Gasteiger partial charge in [0.05, 0.1) is 16.9 Å². The van der Waals surface area contributed by atoms with Crippen LogP contribution in [-0.2, 0) is 0 Å². The van der Waals surface area contributed by atoms with Gasteiger partial charge in [0.2, 0.25) is 0 Å². The number of nitrogens with zero attached hydrogens (tertiary/aromatic N) is 2. The fraction of sp³-hybridized carbons (Fsp3) is 0.0769. The summed E-state index contributed by atoms with van der Waals surface area (Å²) in [4.78, 5) is 8.15. The molecule has 5 rings (SSSR count). The van der Waals surface area contributed by atoms with Gasteiger partial charge in [-0.2, -0.15) is 5.10 Å². The molecule has 0 saturated carbocycles. The van der Waals surface area contributed by atoms with E-state index in [0.717, 1.165) is 62.1 Å². The van der Waals surface area contributed by atoms with E-state index in [1.165, 1.54) is 0 Å². The van der Waals surface area contributed by atoms with Gasteiger partial charge in [0.15, 0.2) is 0 Å². The van der Waals surface area contributed by atoms with Crippen LogP contribution in [0.3, 0.4) is 0 Å². The Kier molecular flexibility index (Phi) is 4.95. The average Bonchev–Trinajstić information content (AvgIpc) is 3.46. The fourth-order valence-electron chi connectivity index (χ4n) is 4.00. The number of fused-ring (bicyclic) bond motifs is 2. The summed E-state index contributed by atoms with van der Waals surface area (Å²) in [5.74, 6) is 0. The van der Waals surface area contributed by atoms with E-state index in [9.17, 15) is 0 Å². The van der Waals surface area contributed by atoms with Gasteiger partial charge in [-0.15, -0.1) is 0 Å². The highest BCUT2D eigenvalue weighted by Crippen LogP contribution is 2.33. The molecule has 0 bridgehead atoms. The monoisotopic (exact) mass is 420 g/mol. The first-order valence-corrected chi connectivity index (χ1v) is 10.5. The van der Waals surface area contributed by atoms with Crippen molar-refractivity contribution < 1.29 is 0 Å². The lowest BCUT2D eigenvalue weighted by atomic mass is 10.0. The van der Waals surface area contributed by atoms with Gasteiger partial charge < -0.3 is 16.0 Å². The molecule has 1 aliphatic rings. The summed E-state index contributed by atoms with van der Waals surface area (Å²) in [7, 11) is 0. The van der Waals surface area contributed by atoms with Crippen molar-refractivity contribution in [1.82, 2.24) is 25.5 Å². The molecule has 5 N–H and O–H groups in total. The summed E-state index contributed by atoms with van der Waals surface area (Å²) < 4.78 is 0. The zero-order valence-electron chi connectivity index (χ0n) is 17.8. The Morgan fingerprint density at radius 2 is 2.00 bits per heavy atom. The van der Waals surface area contributed by atoms with E-state index < -0.39 is 0 Å². The van der Waals surface area contributed by atoms with Gasteiger partial charge in [-0.1, -0.05) is 30.9 Å². The number of H-pyrrole nitrogens is 2. The second-order valence-corrected chi connectivity index (χ2v) is 7.64. The lowest BCUT2D eigenvalue weighted by Crippen LogP contribution is -2.09.